The van der Waals surface area contributed by atoms with E-state index in [1.807, 2.05) is 68.4 Å². The summed E-state index contributed by atoms with van der Waals surface area (Å²) in [5, 5.41) is 14.2. The number of hydrogen-bond acceptors (Lipinski definition) is 6. The molecule has 0 aromatic heterocycles. The molecule has 1 atom stereocenters. The number of sulfonamides is 1. The fourth-order valence-corrected chi connectivity index (χ4v) is 5.03. The maximum Gasteiger partial charge on any atom is 0.271 e. The molecule has 0 aliphatic rings. The van der Waals surface area contributed by atoms with Crippen LogP contribution in [0.25, 0.3) is 0 Å². The molecule has 0 saturated carbocycles. The molecule has 1 unspecified atom stereocenters. The number of nitro benzene ring substituents is 1. The molecule has 0 aliphatic carbocycles. The topological polar surface area (TPSA) is 130 Å². The first-order valence-corrected chi connectivity index (χ1v) is 14.7. The van der Waals surface area contributed by atoms with E-state index in [2.05, 4.69) is 5.32 Å². The van der Waals surface area contributed by atoms with Crippen molar-refractivity contribution in [3.8, 4) is 0 Å². The third-order valence-electron chi connectivity index (χ3n) is 6.30. The fourth-order valence-electron chi connectivity index (χ4n) is 4.19. The second-order valence-corrected chi connectivity index (χ2v) is 11.5. The molecule has 0 saturated heterocycles. The predicted molar refractivity (Wildman–Crippen MR) is 154 cm³/mol. The van der Waals surface area contributed by atoms with Crippen molar-refractivity contribution in [1.82, 2.24) is 10.2 Å². The molecule has 1 N–H and O–H groups in total. The number of amides is 2. The zero-order valence-electron chi connectivity index (χ0n) is 22.8. The monoisotopic (exact) mass is 566 g/mol. The van der Waals surface area contributed by atoms with E-state index >= 15 is 0 Å². The van der Waals surface area contributed by atoms with Crippen LogP contribution in [0.2, 0.25) is 0 Å². The quantitative estimate of drug-likeness (QED) is 0.247. The van der Waals surface area contributed by atoms with E-state index in [1.54, 1.807) is 0 Å². The van der Waals surface area contributed by atoms with Crippen molar-refractivity contribution in [3.63, 3.8) is 0 Å². The Hall–Kier alpha value is -4.25. The number of nitro groups is 1. The number of carbonyl (C=O) groups is 2. The summed E-state index contributed by atoms with van der Waals surface area (Å²) >= 11 is 0. The van der Waals surface area contributed by atoms with E-state index in [9.17, 15) is 28.1 Å². The Morgan fingerprint density at radius 3 is 2.25 bits per heavy atom. The Bertz CT molecular complexity index is 1430. The summed E-state index contributed by atoms with van der Waals surface area (Å²) in [5.41, 5.74) is 2.30. The Morgan fingerprint density at radius 2 is 1.65 bits per heavy atom. The van der Waals surface area contributed by atoms with Crippen LogP contribution in [0.15, 0.2) is 78.9 Å². The van der Waals surface area contributed by atoms with Crippen LogP contribution in [0, 0.1) is 17.0 Å². The zero-order chi connectivity index (χ0) is 29.3. The molecule has 212 valence electrons. The lowest BCUT2D eigenvalue weighted by Crippen LogP contribution is -2.53. The summed E-state index contributed by atoms with van der Waals surface area (Å²) in [5.74, 6) is -0.975. The standard InChI is InChI=1S/C29H34N4O6S/c1-4-17-30-29(35)27(18-23-9-6-5-7-10-23)31(20-24-15-13-22(2)14-16-24)28(34)21-32(40(3,38)39)25-11-8-12-26(19-25)33(36)37/h5-16,19,27H,4,17-18,20-21H2,1-3H3,(H,30,35). The van der Waals surface area contributed by atoms with Gasteiger partial charge in [-0.15, -0.1) is 0 Å². The third-order valence-corrected chi connectivity index (χ3v) is 7.44. The summed E-state index contributed by atoms with van der Waals surface area (Å²) in [6.07, 6.45) is 1.84. The van der Waals surface area contributed by atoms with Crippen molar-refractivity contribution in [2.75, 3.05) is 23.7 Å². The van der Waals surface area contributed by atoms with Gasteiger partial charge in [-0.05, 0) is 30.5 Å². The van der Waals surface area contributed by atoms with Crippen LogP contribution in [0.4, 0.5) is 11.4 Å². The minimum absolute atomic E-state index is 0.0182. The first kappa shape index (κ1) is 30.3. The third kappa shape index (κ3) is 8.37. The van der Waals surface area contributed by atoms with Gasteiger partial charge in [0.05, 0.1) is 16.9 Å². The van der Waals surface area contributed by atoms with Crippen LogP contribution in [0.3, 0.4) is 0 Å². The van der Waals surface area contributed by atoms with Gasteiger partial charge in [0.1, 0.15) is 12.6 Å². The van der Waals surface area contributed by atoms with Gasteiger partial charge in [-0.3, -0.25) is 24.0 Å². The SMILES string of the molecule is CCCNC(=O)C(Cc1ccccc1)N(Cc1ccc(C)cc1)C(=O)CN(c1cccc([N+](=O)[O-])c1)S(C)(=O)=O. The van der Waals surface area contributed by atoms with Gasteiger partial charge < -0.3 is 10.2 Å². The van der Waals surface area contributed by atoms with E-state index in [0.717, 1.165) is 33.3 Å². The molecule has 0 bridgehead atoms. The highest BCUT2D eigenvalue weighted by Gasteiger charge is 2.33. The number of nitrogens with zero attached hydrogens (tertiary/aromatic N) is 3. The molecule has 3 rings (SSSR count). The second kappa shape index (κ2) is 13.7. The van der Waals surface area contributed by atoms with Crippen LogP contribution in [0.1, 0.15) is 30.0 Å². The minimum atomic E-state index is -4.02. The van der Waals surface area contributed by atoms with Crippen molar-refractivity contribution in [2.24, 2.45) is 0 Å². The van der Waals surface area contributed by atoms with Crippen molar-refractivity contribution in [1.29, 1.82) is 0 Å². The van der Waals surface area contributed by atoms with Gasteiger partial charge in [0.15, 0.2) is 0 Å². The molecule has 0 fully saturated rings. The number of carbonyl (C=O) groups excluding carboxylic acids is 2. The summed E-state index contributed by atoms with van der Waals surface area (Å²) in [4.78, 5) is 39.5. The minimum Gasteiger partial charge on any atom is -0.354 e. The van der Waals surface area contributed by atoms with Crippen molar-refractivity contribution >= 4 is 33.2 Å². The predicted octanol–water partition coefficient (Wildman–Crippen LogP) is 3.84. The number of non-ortho nitro benzene ring substituents is 1. The highest BCUT2D eigenvalue weighted by atomic mass is 32.2. The Morgan fingerprint density at radius 1 is 0.975 bits per heavy atom. The molecule has 0 heterocycles. The molecule has 11 heteroatoms. The number of benzene rings is 3. The van der Waals surface area contributed by atoms with Crippen molar-refractivity contribution in [2.45, 2.75) is 39.3 Å². The average molecular weight is 567 g/mol. The normalized spacial score (nSPS) is 11.9. The molecule has 2 amide bonds. The Kier molecular flexibility index (Phi) is 10.4. The zero-order valence-corrected chi connectivity index (χ0v) is 23.6. The number of aryl methyl sites for hydroxylation is 1. The van der Waals surface area contributed by atoms with E-state index in [0.29, 0.717) is 13.0 Å². The lowest BCUT2D eigenvalue weighted by Gasteiger charge is -2.33. The van der Waals surface area contributed by atoms with Gasteiger partial charge in [0.25, 0.3) is 5.69 Å². The average Bonchev–Trinajstić information content (AvgIpc) is 2.93. The van der Waals surface area contributed by atoms with Crippen molar-refractivity contribution < 1.29 is 22.9 Å². The van der Waals surface area contributed by atoms with Crippen molar-refractivity contribution in [3.05, 3.63) is 106 Å². The molecule has 0 spiro atoms. The maximum atomic E-state index is 14.0. The van der Waals surface area contributed by atoms with Crippen LogP contribution in [0.5, 0.6) is 0 Å². The second-order valence-electron chi connectivity index (χ2n) is 9.55. The number of nitrogens with one attached hydrogen (secondary N) is 1. The molecule has 3 aromatic carbocycles. The highest BCUT2D eigenvalue weighted by Crippen LogP contribution is 2.24. The number of hydrogen-bond donors (Lipinski definition) is 1. The van der Waals surface area contributed by atoms with Gasteiger partial charge in [-0.25, -0.2) is 8.42 Å². The molecule has 0 radical (unpaired) electrons. The number of rotatable bonds is 13. The molecular weight excluding hydrogens is 532 g/mol. The molecule has 10 nitrogen and oxygen atoms in total. The highest BCUT2D eigenvalue weighted by molar-refractivity contribution is 7.92. The van der Waals surface area contributed by atoms with Crippen LogP contribution >= 0.6 is 0 Å². The fraction of sp³-hybridized carbons (Fsp3) is 0.310. The smallest absolute Gasteiger partial charge is 0.271 e. The van der Waals surface area contributed by atoms with E-state index in [1.165, 1.54) is 23.1 Å². The Labute approximate surface area is 234 Å². The molecule has 40 heavy (non-hydrogen) atoms. The van der Waals surface area contributed by atoms with Crippen LogP contribution in [-0.4, -0.2) is 55.4 Å². The summed E-state index contributed by atoms with van der Waals surface area (Å²) in [7, 11) is -4.02. The summed E-state index contributed by atoms with van der Waals surface area (Å²) in [6, 6.07) is 20.9. The molecule has 0 aliphatic heterocycles. The number of anilines is 1. The van der Waals surface area contributed by atoms with Crippen LogP contribution in [-0.2, 0) is 32.6 Å². The largest absolute Gasteiger partial charge is 0.354 e. The van der Waals surface area contributed by atoms with Gasteiger partial charge >= 0.3 is 0 Å². The van der Waals surface area contributed by atoms with E-state index < -0.39 is 33.4 Å². The molecular formula is C29H34N4O6S. The van der Waals surface area contributed by atoms with E-state index in [4.69, 9.17) is 0 Å². The Balaban J connectivity index is 2.05. The van der Waals surface area contributed by atoms with Gasteiger partial charge in [0.2, 0.25) is 21.8 Å². The summed E-state index contributed by atoms with van der Waals surface area (Å²) < 4.78 is 26.4. The first-order chi connectivity index (χ1) is 19.0. The van der Waals surface area contributed by atoms with Gasteiger partial charge in [0, 0.05) is 31.6 Å². The lowest BCUT2D eigenvalue weighted by molar-refractivity contribution is -0.384. The van der Waals surface area contributed by atoms with Crippen LogP contribution < -0.4 is 9.62 Å². The molecule has 3 aromatic rings. The first-order valence-electron chi connectivity index (χ1n) is 12.9. The lowest BCUT2D eigenvalue weighted by atomic mass is 10.0. The maximum absolute atomic E-state index is 14.0. The van der Waals surface area contributed by atoms with Gasteiger partial charge in [-0.2, -0.15) is 0 Å². The van der Waals surface area contributed by atoms with Gasteiger partial charge in [-0.1, -0.05) is 73.2 Å². The summed E-state index contributed by atoms with van der Waals surface area (Å²) in [6.45, 7) is 3.69. The van der Waals surface area contributed by atoms with E-state index in [-0.39, 0.29) is 30.2 Å².